The van der Waals surface area contributed by atoms with Gasteiger partial charge >= 0.3 is 7.12 Å². The molecule has 2 heterocycles. The van der Waals surface area contributed by atoms with Gasteiger partial charge in [0.15, 0.2) is 22.8 Å². The molecule has 0 unspecified atom stereocenters. The molecule has 4 nitrogen and oxygen atoms in total. The molecule has 0 aliphatic rings. The highest BCUT2D eigenvalue weighted by Gasteiger charge is 2.19. The molecule has 288 valence electrons. The number of halogens is 3. The maximum Gasteiger partial charge on any atom is 0.489 e. The van der Waals surface area contributed by atoms with Gasteiger partial charge in [-0.1, -0.05) is 178 Å². The second kappa shape index (κ2) is 18.2. The van der Waals surface area contributed by atoms with Gasteiger partial charge in [-0.25, -0.2) is 8.78 Å². The molecule has 10 rings (SSSR count). The number of hydrogen-bond donors (Lipinski definition) is 2. The van der Waals surface area contributed by atoms with Crippen LogP contribution in [0, 0.1) is 11.6 Å². The summed E-state index contributed by atoms with van der Waals surface area (Å²) in [7, 11) is -1.43. The lowest BCUT2D eigenvalue weighted by Crippen LogP contribution is -2.31. The SMILES string of the molecule is C.C.Fc1ccc(-c2ccccc2-c2ccccc2)c2c1oc1ccccc12.Fc1ccc(Cl)c2c1oc1ccccc12.OB(O)c1ccccc1-c1ccccc1. The second-order valence-corrected chi connectivity index (χ2v) is 13.4. The molecule has 2 N–H and O–H groups in total. The van der Waals surface area contributed by atoms with Gasteiger partial charge in [0.25, 0.3) is 0 Å². The molecule has 0 spiro atoms. The molecule has 2 aromatic heterocycles. The highest BCUT2D eigenvalue weighted by atomic mass is 35.5. The summed E-state index contributed by atoms with van der Waals surface area (Å²) in [5, 5.41) is 22.2. The normalized spacial score (nSPS) is 10.6. The maximum absolute atomic E-state index is 14.4. The van der Waals surface area contributed by atoms with E-state index < -0.39 is 7.12 Å². The fourth-order valence-electron chi connectivity index (χ4n) is 6.97. The largest absolute Gasteiger partial charge is 0.489 e. The Morgan fingerprint density at radius 3 is 1.43 bits per heavy atom. The van der Waals surface area contributed by atoms with E-state index in [-0.39, 0.29) is 32.1 Å². The van der Waals surface area contributed by atoms with E-state index in [1.807, 2.05) is 121 Å². The van der Waals surface area contributed by atoms with Crippen LogP contribution in [0.1, 0.15) is 14.9 Å². The van der Waals surface area contributed by atoms with Crippen molar-refractivity contribution in [2.45, 2.75) is 14.9 Å². The van der Waals surface area contributed by atoms with Crippen LogP contribution >= 0.6 is 11.6 Å². The number of fused-ring (bicyclic) bond motifs is 6. The Morgan fingerprint density at radius 2 is 0.845 bits per heavy atom. The Balaban J connectivity index is 0.000000153. The molecule has 0 aliphatic heterocycles. The molecule has 0 radical (unpaired) electrons. The van der Waals surface area contributed by atoms with E-state index in [9.17, 15) is 18.8 Å². The van der Waals surface area contributed by atoms with Crippen LogP contribution in [0.3, 0.4) is 0 Å². The molecule has 10 aromatic rings. The van der Waals surface area contributed by atoms with E-state index >= 15 is 0 Å². The van der Waals surface area contributed by atoms with E-state index in [1.165, 1.54) is 12.1 Å². The molecule has 0 saturated carbocycles. The molecular weight excluding hydrogens is 749 g/mol. The van der Waals surface area contributed by atoms with Gasteiger partial charge in [0.05, 0.1) is 5.02 Å². The second-order valence-electron chi connectivity index (χ2n) is 13.0. The summed E-state index contributed by atoms with van der Waals surface area (Å²) in [5.41, 5.74) is 8.56. The van der Waals surface area contributed by atoms with Gasteiger partial charge in [0.2, 0.25) is 0 Å². The zero-order valence-corrected chi connectivity index (χ0v) is 30.5. The molecule has 0 saturated heterocycles. The van der Waals surface area contributed by atoms with Crippen molar-refractivity contribution in [3.05, 3.63) is 199 Å². The number of rotatable bonds is 4. The Morgan fingerprint density at radius 1 is 0.414 bits per heavy atom. The summed E-state index contributed by atoms with van der Waals surface area (Å²) in [5.74, 6) is -0.720. The summed E-state index contributed by atoms with van der Waals surface area (Å²) < 4.78 is 39.1. The van der Waals surface area contributed by atoms with Crippen molar-refractivity contribution < 1.29 is 27.7 Å². The summed E-state index contributed by atoms with van der Waals surface area (Å²) in [6, 6.07) is 56.7. The van der Waals surface area contributed by atoms with Gasteiger partial charge in [-0.3, -0.25) is 0 Å². The highest BCUT2D eigenvalue weighted by Crippen LogP contribution is 2.41. The minimum absolute atomic E-state index is 0. The van der Waals surface area contributed by atoms with Crippen molar-refractivity contribution >= 4 is 68.1 Å². The predicted octanol–water partition coefficient (Wildman–Crippen LogP) is 13.7. The van der Waals surface area contributed by atoms with Crippen LogP contribution < -0.4 is 5.46 Å². The van der Waals surface area contributed by atoms with Crippen molar-refractivity contribution in [3.63, 3.8) is 0 Å². The maximum atomic E-state index is 14.4. The van der Waals surface area contributed by atoms with Crippen LogP contribution in [-0.2, 0) is 0 Å². The zero-order valence-electron chi connectivity index (χ0n) is 29.7. The first-order chi connectivity index (χ1) is 27.4. The van der Waals surface area contributed by atoms with Gasteiger partial charge in [0, 0.05) is 21.5 Å². The molecule has 0 fully saturated rings. The lowest BCUT2D eigenvalue weighted by Gasteiger charge is -2.11. The molecule has 0 atom stereocenters. The van der Waals surface area contributed by atoms with Crippen molar-refractivity contribution in [1.82, 2.24) is 0 Å². The van der Waals surface area contributed by atoms with Crippen LogP contribution in [0.15, 0.2) is 191 Å². The summed E-state index contributed by atoms with van der Waals surface area (Å²) in [6.07, 6.45) is 0. The van der Waals surface area contributed by atoms with Gasteiger partial charge in [-0.05, 0) is 69.2 Å². The van der Waals surface area contributed by atoms with Crippen molar-refractivity contribution in [3.8, 4) is 33.4 Å². The Kier molecular flexibility index (Phi) is 12.9. The van der Waals surface area contributed by atoms with E-state index in [4.69, 9.17) is 20.4 Å². The Hall–Kier alpha value is -6.51. The average molecular weight is 789 g/mol. The monoisotopic (exact) mass is 788 g/mol. The van der Waals surface area contributed by atoms with Gasteiger partial charge < -0.3 is 18.9 Å². The standard InChI is InChI=1S/C24H15FO.C12H11BO2.C12H6ClFO.2CH4/c25-21-15-14-19(23-20-12-6-7-13-22(20)26-24(21)23)18-11-5-4-10-17(18)16-8-2-1-3-9-16;14-13(15)12-9-5-4-8-11(12)10-6-2-1-3-7-10;13-8-5-6-9(14)12-11(8)7-3-1-2-4-10(7)15-12;;/h1-15H;1-9,14-15H;1-6H;2*1H4. The third kappa shape index (κ3) is 8.15. The molecule has 8 aromatic carbocycles. The fraction of sp³-hybridized carbons (Fsp3) is 0.0400. The topological polar surface area (TPSA) is 66.7 Å². The van der Waals surface area contributed by atoms with Crippen molar-refractivity contribution in [1.29, 1.82) is 0 Å². The van der Waals surface area contributed by atoms with Crippen molar-refractivity contribution in [2.24, 2.45) is 0 Å². The first kappa shape index (κ1) is 41.1. The lowest BCUT2D eigenvalue weighted by molar-refractivity contribution is 0.426. The van der Waals surface area contributed by atoms with E-state index in [2.05, 4.69) is 24.3 Å². The quantitative estimate of drug-likeness (QED) is 0.174. The number of furan rings is 2. The smallest absolute Gasteiger partial charge is 0.453 e. The first-order valence-electron chi connectivity index (χ1n) is 17.9. The van der Waals surface area contributed by atoms with E-state index in [1.54, 1.807) is 24.3 Å². The molecule has 0 bridgehead atoms. The summed E-state index contributed by atoms with van der Waals surface area (Å²) in [4.78, 5) is 0. The third-order valence-corrected chi connectivity index (χ3v) is 9.85. The van der Waals surface area contributed by atoms with Crippen LogP contribution in [0.5, 0.6) is 0 Å². The lowest BCUT2D eigenvalue weighted by atomic mass is 9.75. The molecule has 0 aliphatic carbocycles. The van der Waals surface area contributed by atoms with Gasteiger partial charge in [0.1, 0.15) is 11.2 Å². The van der Waals surface area contributed by atoms with Gasteiger partial charge in [-0.15, -0.1) is 0 Å². The minimum atomic E-state index is -1.43. The van der Waals surface area contributed by atoms with Crippen LogP contribution in [-0.4, -0.2) is 17.2 Å². The number of benzene rings is 8. The van der Waals surface area contributed by atoms with E-state index in [0.717, 1.165) is 49.5 Å². The summed E-state index contributed by atoms with van der Waals surface area (Å²) in [6.45, 7) is 0. The Labute approximate surface area is 341 Å². The minimum Gasteiger partial charge on any atom is -0.453 e. The third-order valence-electron chi connectivity index (χ3n) is 9.53. The predicted molar refractivity (Wildman–Crippen MR) is 238 cm³/mol. The van der Waals surface area contributed by atoms with Gasteiger partial charge in [-0.2, -0.15) is 0 Å². The first-order valence-corrected chi connectivity index (χ1v) is 18.3. The van der Waals surface area contributed by atoms with Crippen molar-refractivity contribution in [2.75, 3.05) is 0 Å². The van der Waals surface area contributed by atoms with Crippen LogP contribution in [0.2, 0.25) is 5.02 Å². The molecule has 8 heteroatoms. The number of para-hydroxylation sites is 2. The molecular formula is C50H40BClF2O4. The highest BCUT2D eigenvalue weighted by molar-refractivity contribution is 6.60. The Bertz CT molecular complexity index is 2940. The fourth-order valence-corrected chi connectivity index (χ4v) is 7.22. The molecule has 58 heavy (non-hydrogen) atoms. The van der Waals surface area contributed by atoms with Crippen LogP contribution in [0.25, 0.3) is 77.3 Å². The number of hydrogen-bond acceptors (Lipinski definition) is 4. The van der Waals surface area contributed by atoms with E-state index in [0.29, 0.717) is 32.6 Å². The average Bonchev–Trinajstić information content (AvgIpc) is 3.85. The summed E-state index contributed by atoms with van der Waals surface area (Å²) >= 11 is 6.02. The molecule has 0 amide bonds. The van der Waals surface area contributed by atoms with Crippen LogP contribution in [0.4, 0.5) is 8.78 Å². The zero-order chi connectivity index (χ0) is 38.6.